The van der Waals surface area contributed by atoms with Gasteiger partial charge in [-0.1, -0.05) is 51.9 Å². The predicted molar refractivity (Wildman–Crippen MR) is 91.4 cm³/mol. The van der Waals surface area contributed by atoms with Gasteiger partial charge in [0.2, 0.25) is 0 Å². The molecule has 0 radical (unpaired) electrons. The first-order valence-corrected chi connectivity index (χ1v) is 8.94. The van der Waals surface area contributed by atoms with Crippen LogP contribution in [0.1, 0.15) is 84.0 Å². The molecule has 0 spiro atoms. The van der Waals surface area contributed by atoms with Gasteiger partial charge < -0.3 is 20.4 Å². The van der Waals surface area contributed by atoms with Gasteiger partial charge in [0.25, 0.3) is 0 Å². The molecule has 0 fully saturated rings. The molecule has 0 aromatic rings. The van der Waals surface area contributed by atoms with Crippen LogP contribution in [0, 0.1) is 0 Å². The van der Waals surface area contributed by atoms with Crippen LogP contribution in [-0.4, -0.2) is 38.6 Å². The summed E-state index contributed by atoms with van der Waals surface area (Å²) >= 11 is 0. The standard InChI is InChI=1S/C18H34O5/c1-2-3-7-11-16(20)17(21)14-13-15(19)10-8-5-4-6-9-12-18(22)23/h14-16,19-21H,2-13H2,1H3,(H,22,23)/b17-14+. The highest BCUT2D eigenvalue weighted by Gasteiger charge is 2.10. The second kappa shape index (κ2) is 14.5. The van der Waals surface area contributed by atoms with Crippen molar-refractivity contribution in [2.45, 2.75) is 96.2 Å². The molecule has 0 aromatic carbocycles. The molecule has 23 heavy (non-hydrogen) atoms. The van der Waals surface area contributed by atoms with E-state index in [4.69, 9.17) is 5.11 Å². The second-order valence-corrected chi connectivity index (χ2v) is 6.23. The van der Waals surface area contributed by atoms with Gasteiger partial charge in [0.15, 0.2) is 0 Å². The molecule has 2 atom stereocenters. The Labute approximate surface area is 140 Å². The van der Waals surface area contributed by atoms with Crippen molar-refractivity contribution in [3.8, 4) is 0 Å². The van der Waals surface area contributed by atoms with Gasteiger partial charge in [-0.15, -0.1) is 0 Å². The zero-order chi connectivity index (χ0) is 17.5. The first kappa shape index (κ1) is 21.9. The van der Waals surface area contributed by atoms with Crippen molar-refractivity contribution < 1.29 is 25.2 Å². The van der Waals surface area contributed by atoms with E-state index in [9.17, 15) is 20.1 Å². The van der Waals surface area contributed by atoms with E-state index in [1.807, 2.05) is 0 Å². The van der Waals surface area contributed by atoms with E-state index in [2.05, 4.69) is 6.92 Å². The number of rotatable bonds is 15. The number of carboxylic acid groups (broad SMARTS) is 1. The van der Waals surface area contributed by atoms with Crippen molar-refractivity contribution in [3.05, 3.63) is 11.8 Å². The molecule has 0 aliphatic carbocycles. The zero-order valence-electron chi connectivity index (χ0n) is 14.4. The molecular weight excluding hydrogens is 296 g/mol. The van der Waals surface area contributed by atoms with Crippen molar-refractivity contribution in [1.82, 2.24) is 0 Å². The predicted octanol–water partition coefficient (Wildman–Crippen LogP) is 3.94. The molecule has 0 rings (SSSR count). The Morgan fingerprint density at radius 1 is 0.913 bits per heavy atom. The molecule has 5 nitrogen and oxygen atoms in total. The van der Waals surface area contributed by atoms with Crippen molar-refractivity contribution in [1.29, 1.82) is 0 Å². The summed E-state index contributed by atoms with van der Waals surface area (Å²) in [6.07, 6.45) is 9.49. The molecule has 5 heteroatoms. The van der Waals surface area contributed by atoms with Gasteiger partial charge >= 0.3 is 5.97 Å². The van der Waals surface area contributed by atoms with Crippen molar-refractivity contribution in [2.24, 2.45) is 0 Å². The van der Waals surface area contributed by atoms with Gasteiger partial charge in [-0.25, -0.2) is 0 Å². The highest BCUT2D eigenvalue weighted by molar-refractivity contribution is 5.66. The topological polar surface area (TPSA) is 98.0 Å². The quantitative estimate of drug-likeness (QED) is 0.269. The third-order valence-electron chi connectivity index (χ3n) is 3.95. The molecular formula is C18H34O5. The van der Waals surface area contributed by atoms with Crippen molar-refractivity contribution >= 4 is 5.97 Å². The van der Waals surface area contributed by atoms with Crippen LogP contribution >= 0.6 is 0 Å². The molecule has 0 saturated carbocycles. The Kier molecular flexibility index (Phi) is 13.8. The summed E-state index contributed by atoms with van der Waals surface area (Å²) in [6.45, 7) is 2.09. The fourth-order valence-corrected chi connectivity index (χ4v) is 2.43. The Morgan fingerprint density at radius 3 is 2.17 bits per heavy atom. The van der Waals surface area contributed by atoms with Crippen LogP contribution < -0.4 is 0 Å². The monoisotopic (exact) mass is 330 g/mol. The summed E-state index contributed by atoms with van der Waals surface area (Å²) in [7, 11) is 0. The summed E-state index contributed by atoms with van der Waals surface area (Å²) in [4.78, 5) is 10.3. The number of hydrogen-bond donors (Lipinski definition) is 4. The van der Waals surface area contributed by atoms with Gasteiger partial charge in [0, 0.05) is 6.42 Å². The SMILES string of the molecule is CCCCCC(O)/C(O)=C\CC(O)CCCCCCCC(=O)O. The molecule has 4 N–H and O–H groups in total. The Balaban J connectivity index is 3.66. The van der Waals surface area contributed by atoms with Gasteiger partial charge in [0.1, 0.15) is 11.9 Å². The van der Waals surface area contributed by atoms with Crippen LogP contribution in [0.4, 0.5) is 0 Å². The summed E-state index contributed by atoms with van der Waals surface area (Å²) in [5.41, 5.74) is 0. The largest absolute Gasteiger partial charge is 0.510 e. The van der Waals surface area contributed by atoms with Crippen LogP contribution in [-0.2, 0) is 4.79 Å². The molecule has 0 amide bonds. The maximum absolute atomic E-state index is 10.3. The zero-order valence-corrected chi connectivity index (χ0v) is 14.4. The molecule has 0 heterocycles. The summed E-state index contributed by atoms with van der Waals surface area (Å²) in [5, 5.41) is 37.9. The minimum absolute atomic E-state index is 0.0335. The van der Waals surface area contributed by atoms with Crippen LogP contribution in [0.15, 0.2) is 11.8 Å². The van der Waals surface area contributed by atoms with E-state index < -0.39 is 18.2 Å². The minimum atomic E-state index is -0.817. The Hall–Kier alpha value is -1.07. The van der Waals surface area contributed by atoms with E-state index in [1.165, 1.54) is 6.08 Å². The average molecular weight is 330 g/mol. The third-order valence-corrected chi connectivity index (χ3v) is 3.95. The van der Waals surface area contributed by atoms with Gasteiger partial charge in [-0.3, -0.25) is 4.79 Å². The lowest BCUT2D eigenvalue weighted by Gasteiger charge is -2.11. The first-order valence-electron chi connectivity index (χ1n) is 8.94. The van der Waals surface area contributed by atoms with Crippen LogP contribution in [0.5, 0.6) is 0 Å². The maximum Gasteiger partial charge on any atom is 0.303 e. The number of aliphatic hydroxyl groups is 3. The average Bonchev–Trinajstić information content (AvgIpc) is 2.51. The molecule has 2 unspecified atom stereocenters. The molecule has 0 aliphatic rings. The normalized spacial score (nSPS) is 14.7. The second-order valence-electron chi connectivity index (χ2n) is 6.23. The molecule has 0 saturated heterocycles. The number of hydrogen-bond acceptors (Lipinski definition) is 4. The molecule has 0 aliphatic heterocycles. The first-order chi connectivity index (χ1) is 11.0. The summed E-state index contributed by atoms with van der Waals surface area (Å²) < 4.78 is 0. The number of unbranched alkanes of at least 4 members (excludes halogenated alkanes) is 6. The highest BCUT2D eigenvalue weighted by atomic mass is 16.4. The van der Waals surface area contributed by atoms with E-state index in [0.29, 0.717) is 25.7 Å². The van der Waals surface area contributed by atoms with Crippen LogP contribution in [0.2, 0.25) is 0 Å². The lowest BCUT2D eigenvalue weighted by atomic mass is 10.0. The number of aliphatic hydroxyl groups excluding tert-OH is 3. The lowest BCUT2D eigenvalue weighted by molar-refractivity contribution is -0.137. The van der Waals surface area contributed by atoms with E-state index in [0.717, 1.165) is 44.9 Å². The van der Waals surface area contributed by atoms with Crippen molar-refractivity contribution in [2.75, 3.05) is 0 Å². The highest BCUT2D eigenvalue weighted by Crippen LogP contribution is 2.13. The van der Waals surface area contributed by atoms with E-state index >= 15 is 0 Å². The van der Waals surface area contributed by atoms with E-state index in [1.54, 1.807) is 0 Å². The molecule has 136 valence electrons. The number of carbonyl (C=O) groups is 1. The summed E-state index contributed by atoms with van der Waals surface area (Å²) in [6, 6.07) is 0. The van der Waals surface area contributed by atoms with Crippen LogP contribution in [0.3, 0.4) is 0 Å². The van der Waals surface area contributed by atoms with E-state index in [-0.39, 0.29) is 12.2 Å². The number of aliphatic carboxylic acids is 1. The smallest absolute Gasteiger partial charge is 0.303 e. The molecule has 0 bridgehead atoms. The Morgan fingerprint density at radius 2 is 1.52 bits per heavy atom. The lowest BCUT2D eigenvalue weighted by Crippen LogP contribution is -2.12. The minimum Gasteiger partial charge on any atom is -0.510 e. The van der Waals surface area contributed by atoms with Gasteiger partial charge in [-0.2, -0.15) is 0 Å². The Bertz CT molecular complexity index is 327. The third kappa shape index (κ3) is 14.3. The maximum atomic E-state index is 10.3. The van der Waals surface area contributed by atoms with Gasteiger partial charge in [-0.05, 0) is 31.8 Å². The fraction of sp³-hybridized carbons (Fsp3) is 0.833. The van der Waals surface area contributed by atoms with Crippen molar-refractivity contribution in [3.63, 3.8) is 0 Å². The van der Waals surface area contributed by atoms with Gasteiger partial charge in [0.05, 0.1) is 6.10 Å². The summed E-state index contributed by atoms with van der Waals surface area (Å²) in [5.74, 6) is -0.780. The number of carboxylic acids is 1. The fourth-order valence-electron chi connectivity index (χ4n) is 2.43. The van der Waals surface area contributed by atoms with Crippen LogP contribution in [0.25, 0.3) is 0 Å². The molecule has 0 aromatic heterocycles.